The lowest BCUT2D eigenvalue weighted by Gasteiger charge is -2.29. The zero-order valence-corrected chi connectivity index (χ0v) is 18.0. The maximum atomic E-state index is 12.7. The molecule has 0 saturated carbocycles. The molecule has 31 heavy (non-hydrogen) atoms. The molecule has 9 nitrogen and oxygen atoms in total. The number of dihydropyridines is 1. The Morgan fingerprint density at radius 3 is 2.81 bits per heavy atom. The fraction of sp³-hybridized carbons (Fsp3) is 0.286. The number of carbonyl (C=O) groups is 3. The maximum absolute atomic E-state index is 12.7. The van der Waals surface area contributed by atoms with Crippen molar-refractivity contribution < 1.29 is 23.9 Å². The summed E-state index contributed by atoms with van der Waals surface area (Å²) in [5.74, 6) is -2.04. The molecule has 2 rings (SSSR count). The van der Waals surface area contributed by atoms with E-state index in [1.54, 1.807) is 38.4 Å². The largest absolute Gasteiger partial charge is 0.458 e. The number of hydrogen-bond donors (Lipinski definition) is 2. The molecule has 10 heteroatoms. The zero-order chi connectivity index (χ0) is 22.8. The molecule has 1 aliphatic rings. The van der Waals surface area contributed by atoms with Gasteiger partial charge in [-0.15, -0.1) is 0 Å². The third-order valence-electron chi connectivity index (χ3n) is 4.08. The van der Waals surface area contributed by atoms with E-state index in [0.29, 0.717) is 16.3 Å². The van der Waals surface area contributed by atoms with Gasteiger partial charge in [0.25, 0.3) is 0 Å². The van der Waals surface area contributed by atoms with Gasteiger partial charge in [0, 0.05) is 18.1 Å². The molecular formula is C21H22N4O5S. The van der Waals surface area contributed by atoms with Gasteiger partial charge in [0.1, 0.15) is 6.61 Å². The monoisotopic (exact) mass is 442 g/mol. The fourth-order valence-corrected chi connectivity index (χ4v) is 3.74. The van der Waals surface area contributed by atoms with Crippen LogP contribution in [0.4, 0.5) is 4.79 Å². The molecule has 0 saturated heterocycles. The molecule has 0 aliphatic carbocycles. The van der Waals surface area contributed by atoms with E-state index in [4.69, 9.17) is 4.74 Å². The number of rotatable bonds is 8. The summed E-state index contributed by atoms with van der Waals surface area (Å²) in [6, 6.07) is 5.59. The lowest BCUT2D eigenvalue weighted by molar-refractivity contribution is -0.138. The van der Waals surface area contributed by atoms with Gasteiger partial charge in [0.2, 0.25) is 5.91 Å². The molecule has 0 unspecified atom stereocenters. The van der Waals surface area contributed by atoms with E-state index < -0.39 is 23.9 Å². The first-order valence-electron chi connectivity index (χ1n) is 9.32. The van der Waals surface area contributed by atoms with Gasteiger partial charge in [0.15, 0.2) is 0 Å². The molecule has 162 valence electrons. The number of allylic oxidation sites excluding steroid dienone is 2. The van der Waals surface area contributed by atoms with Crippen LogP contribution in [-0.2, 0) is 19.1 Å². The van der Waals surface area contributed by atoms with Gasteiger partial charge in [-0.3, -0.25) is 15.1 Å². The molecule has 1 aliphatic heterocycles. The van der Waals surface area contributed by atoms with Crippen LogP contribution >= 0.6 is 11.8 Å². The molecule has 0 bridgehead atoms. The Kier molecular flexibility index (Phi) is 8.84. The number of pyridine rings is 1. The number of ether oxygens (including phenoxy) is 2. The highest BCUT2D eigenvalue weighted by Gasteiger charge is 2.35. The number of hydrogen-bond acceptors (Lipinski definition) is 9. The summed E-state index contributed by atoms with van der Waals surface area (Å²) in [5.41, 5.74) is 1.61. The molecule has 0 fully saturated rings. The minimum atomic E-state index is -0.837. The van der Waals surface area contributed by atoms with E-state index >= 15 is 0 Å². The highest BCUT2D eigenvalue weighted by Crippen LogP contribution is 2.40. The van der Waals surface area contributed by atoms with Gasteiger partial charge in [-0.25, -0.2) is 9.59 Å². The van der Waals surface area contributed by atoms with Crippen LogP contribution in [0.25, 0.3) is 0 Å². The Morgan fingerprint density at radius 2 is 2.19 bits per heavy atom. The quantitative estimate of drug-likeness (QED) is 0.460. The molecule has 0 aromatic carbocycles. The molecule has 2 amide bonds. The van der Waals surface area contributed by atoms with E-state index in [1.807, 2.05) is 0 Å². The lowest BCUT2D eigenvalue weighted by atomic mass is 9.83. The summed E-state index contributed by atoms with van der Waals surface area (Å²) in [7, 11) is 0. The molecule has 1 atom stereocenters. The van der Waals surface area contributed by atoms with Crippen LogP contribution in [0.2, 0.25) is 0 Å². The number of nitriles is 1. The van der Waals surface area contributed by atoms with E-state index in [9.17, 15) is 19.6 Å². The van der Waals surface area contributed by atoms with Gasteiger partial charge in [-0.2, -0.15) is 5.26 Å². The maximum Gasteiger partial charge on any atom is 0.413 e. The third kappa shape index (κ3) is 6.20. The Labute approximate surface area is 184 Å². The van der Waals surface area contributed by atoms with Gasteiger partial charge in [0.05, 0.1) is 40.5 Å². The van der Waals surface area contributed by atoms with Crippen LogP contribution < -0.4 is 10.6 Å². The van der Waals surface area contributed by atoms with Gasteiger partial charge >= 0.3 is 12.1 Å². The molecular weight excluding hydrogens is 420 g/mol. The minimum Gasteiger partial charge on any atom is -0.458 e. The number of imide groups is 1. The average molecular weight is 442 g/mol. The number of amides is 2. The summed E-state index contributed by atoms with van der Waals surface area (Å²) >= 11 is 1.04. The normalized spacial score (nSPS) is 15.5. The van der Waals surface area contributed by atoms with Crippen molar-refractivity contribution in [2.75, 3.05) is 19.0 Å². The van der Waals surface area contributed by atoms with Crippen molar-refractivity contribution >= 4 is 29.7 Å². The van der Waals surface area contributed by atoms with Crippen LogP contribution in [0.5, 0.6) is 0 Å². The second-order valence-corrected chi connectivity index (χ2v) is 7.17. The number of aromatic nitrogens is 1. The number of thioether (sulfide) groups is 1. The zero-order valence-electron chi connectivity index (χ0n) is 17.1. The molecule has 2 N–H and O–H groups in total. The Morgan fingerprint density at radius 1 is 1.42 bits per heavy atom. The van der Waals surface area contributed by atoms with Crippen molar-refractivity contribution in [1.29, 1.82) is 5.26 Å². The smallest absolute Gasteiger partial charge is 0.413 e. The predicted octanol–water partition coefficient (Wildman–Crippen LogP) is 2.51. The van der Waals surface area contributed by atoms with Crippen molar-refractivity contribution in [3.8, 4) is 6.07 Å². The van der Waals surface area contributed by atoms with Crippen LogP contribution in [0.15, 0.2) is 59.1 Å². The van der Waals surface area contributed by atoms with E-state index in [-0.39, 0.29) is 30.1 Å². The van der Waals surface area contributed by atoms with E-state index in [0.717, 1.165) is 11.8 Å². The van der Waals surface area contributed by atoms with Crippen LogP contribution in [0, 0.1) is 11.3 Å². The van der Waals surface area contributed by atoms with Gasteiger partial charge < -0.3 is 14.8 Å². The number of alkyl carbamates (subject to hydrolysis) is 1. The summed E-state index contributed by atoms with van der Waals surface area (Å²) < 4.78 is 9.89. The van der Waals surface area contributed by atoms with E-state index in [2.05, 4.69) is 33.0 Å². The van der Waals surface area contributed by atoms with Crippen molar-refractivity contribution in [1.82, 2.24) is 15.6 Å². The summed E-state index contributed by atoms with van der Waals surface area (Å²) in [5, 5.41) is 15.4. The summed E-state index contributed by atoms with van der Waals surface area (Å²) in [4.78, 5) is 40.2. The Hall–Kier alpha value is -3.58. The van der Waals surface area contributed by atoms with Crippen molar-refractivity contribution in [3.05, 3.63) is 64.6 Å². The van der Waals surface area contributed by atoms with Crippen LogP contribution in [0.1, 0.15) is 25.3 Å². The standard InChI is InChI=1S/C21H22N4O5S/c1-4-9-30-20(27)17-13(3)24-19(31-12-16(26)25-21(28)29-5-2)15(10-22)18(17)14-7-6-8-23-11-14/h4,6-8,11,18,24H,1,5,9,12H2,2-3H3,(H,25,26,28)/t18-/m0/s1. The first-order chi connectivity index (χ1) is 14.9. The number of carbonyl (C=O) groups excluding carboxylic acids is 3. The first-order valence-corrected chi connectivity index (χ1v) is 10.3. The summed E-state index contributed by atoms with van der Waals surface area (Å²) in [6.07, 6.45) is 3.77. The SMILES string of the molecule is C=CCOC(=O)C1=C(C)NC(SCC(=O)NC(=O)OCC)=C(C#N)[C@@H]1c1cccnc1. The molecule has 0 spiro atoms. The average Bonchev–Trinajstić information content (AvgIpc) is 2.76. The van der Waals surface area contributed by atoms with Crippen LogP contribution in [-0.4, -0.2) is 41.9 Å². The molecule has 2 heterocycles. The van der Waals surface area contributed by atoms with Gasteiger partial charge in [-0.1, -0.05) is 30.5 Å². The van der Waals surface area contributed by atoms with Gasteiger partial charge in [-0.05, 0) is 25.5 Å². The second-order valence-electron chi connectivity index (χ2n) is 6.18. The molecule has 1 aromatic heterocycles. The molecule has 1 aromatic rings. The Balaban J connectivity index is 2.35. The number of esters is 1. The highest BCUT2D eigenvalue weighted by molar-refractivity contribution is 8.03. The van der Waals surface area contributed by atoms with Crippen LogP contribution in [0.3, 0.4) is 0 Å². The summed E-state index contributed by atoms with van der Waals surface area (Å²) in [6.45, 7) is 7.00. The predicted molar refractivity (Wildman–Crippen MR) is 114 cm³/mol. The fourth-order valence-electron chi connectivity index (χ4n) is 2.84. The minimum absolute atomic E-state index is 0.0244. The Bertz CT molecular complexity index is 966. The topological polar surface area (TPSA) is 130 Å². The second kappa shape index (κ2) is 11.6. The van der Waals surface area contributed by atoms with E-state index in [1.165, 1.54) is 6.08 Å². The number of nitrogens with one attached hydrogen (secondary N) is 2. The highest BCUT2D eigenvalue weighted by atomic mass is 32.2. The molecule has 0 radical (unpaired) electrons. The third-order valence-corrected chi connectivity index (χ3v) is 5.10. The first kappa shape index (κ1) is 23.7. The lowest BCUT2D eigenvalue weighted by Crippen LogP contribution is -2.33. The van der Waals surface area contributed by atoms with Crippen molar-refractivity contribution in [2.24, 2.45) is 0 Å². The van der Waals surface area contributed by atoms with Crippen molar-refractivity contribution in [2.45, 2.75) is 19.8 Å². The number of nitrogens with zero attached hydrogens (tertiary/aromatic N) is 2. The van der Waals surface area contributed by atoms with Crippen molar-refractivity contribution in [3.63, 3.8) is 0 Å².